The number of aromatic nitrogens is 3. The van der Waals surface area contributed by atoms with Gasteiger partial charge in [0.05, 0.1) is 18.9 Å². The number of hydrogen-bond donors (Lipinski definition) is 2. The number of methoxy groups -OCH3 is 1. The molecule has 108 valence electrons. The van der Waals surface area contributed by atoms with Gasteiger partial charge in [0.1, 0.15) is 0 Å². The summed E-state index contributed by atoms with van der Waals surface area (Å²) in [5, 5.41) is 14.1. The molecule has 1 aromatic heterocycles. The number of nitrogens with zero attached hydrogens (tertiary/aromatic N) is 3. The SMILES string of the molecule is COC(=O)c1cccc(Nc2nncc(NC3CC3)n2)c1. The number of carbonyl (C=O) groups is 1. The van der Waals surface area contributed by atoms with E-state index in [1.54, 1.807) is 24.4 Å². The summed E-state index contributed by atoms with van der Waals surface area (Å²) < 4.78 is 4.69. The second-order valence-electron chi connectivity index (χ2n) is 4.78. The average Bonchev–Trinajstić information content (AvgIpc) is 3.31. The molecule has 2 aromatic rings. The van der Waals surface area contributed by atoms with Gasteiger partial charge in [-0.2, -0.15) is 10.1 Å². The van der Waals surface area contributed by atoms with Gasteiger partial charge in [-0.05, 0) is 31.0 Å². The maximum atomic E-state index is 11.5. The first-order chi connectivity index (χ1) is 10.2. The lowest BCUT2D eigenvalue weighted by Gasteiger charge is -2.07. The average molecular weight is 285 g/mol. The van der Waals surface area contributed by atoms with Gasteiger partial charge in [-0.25, -0.2) is 4.79 Å². The van der Waals surface area contributed by atoms with E-state index in [1.807, 2.05) is 6.07 Å². The summed E-state index contributed by atoms with van der Waals surface area (Å²) in [7, 11) is 1.35. The van der Waals surface area contributed by atoms with Crippen LogP contribution in [0, 0.1) is 0 Å². The first-order valence-electron chi connectivity index (χ1n) is 6.66. The zero-order valence-corrected chi connectivity index (χ0v) is 11.5. The van der Waals surface area contributed by atoms with E-state index in [2.05, 4.69) is 25.8 Å². The first-order valence-corrected chi connectivity index (χ1v) is 6.66. The quantitative estimate of drug-likeness (QED) is 0.812. The van der Waals surface area contributed by atoms with E-state index in [0.717, 1.165) is 12.8 Å². The zero-order valence-electron chi connectivity index (χ0n) is 11.5. The minimum atomic E-state index is -0.387. The molecule has 0 amide bonds. The topological polar surface area (TPSA) is 89.0 Å². The Morgan fingerprint density at radius 1 is 1.38 bits per heavy atom. The summed E-state index contributed by atoms with van der Waals surface area (Å²) >= 11 is 0. The summed E-state index contributed by atoms with van der Waals surface area (Å²) in [5.74, 6) is 0.684. The molecule has 1 aliphatic rings. The lowest BCUT2D eigenvalue weighted by Crippen LogP contribution is -2.07. The molecule has 2 N–H and O–H groups in total. The maximum Gasteiger partial charge on any atom is 0.337 e. The Morgan fingerprint density at radius 2 is 2.24 bits per heavy atom. The fourth-order valence-corrected chi connectivity index (χ4v) is 1.83. The van der Waals surface area contributed by atoms with Crippen molar-refractivity contribution in [1.29, 1.82) is 0 Å². The van der Waals surface area contributed by atoms with Crippen LogP contribution in [0.15, 0.2) is 30.5 Å². The minimum Gasteiger partial charge on any atom is -0.465 e. The Labute approximate surface area is 121 Å². The van der Waals surface area contributed by atoms with E-state index in [4.69, 9.17) is 4.74 Å². The predicted octanol–water partition coefficient (Wildman–Crippen LogP) is 1.98. The second kappa shape index (κ2) is 5.74. The van der Waals surface area contributed by atoms with Gasteiger partial charge >= 0.3 is 5.97 Å². The summed E-state index contributed by atoms with van der Waals surface area (Å²) in [6.07, 6.45) is 3.91. The van der Waals surface area contributed by atoms with Crippen molar-refractivity contribution in [2.75, 3.05) is 17.7 Å². The summed E-state index contributed by atoms with van der Waals surface area (Å²) in [5.41, 5.74) is 1.16. The van der Waals surface area contributed by atoms with Crippen LogP contribution in [0.2, 0.25) is 0 Å². The van der Waals surface area contributed by atoms with Crippen molar-refractivity contribution in [3.63, 3.8) is 0 Å². The number of hydrogen-bond acceptors (Lipinski definition) is 7. The van der Waals surface area contributed by atoms with E-state index in [-0.39, 0.29) is 5.97 Å². The first kappa shape index (κ1) is 13.3. The summed E-state index contributed by atoms with van der Waals surface area (Å²) in [4.78, 5) is 15.8. The number of rotatable bonds is 5. The molecule has 0 aliphatic heterocycles. The molecule has 0 bridgehead atoms. The molecule has 0 saturated heterocycles. The standard InChI is InChI=1S/C14H15N5O2/c1-21-13(20)9-3-2-4-11(7-9)17-14-18-12(8-15-19-14)16-10-5-6-10/h2-4,7-8,10H,5-6H2,1H3,(H2,16,17,18,19). The van der Waals surface area contributed by atoms with Crippen LogP contribution in [0.5, 0.6) is 0 Å². The molecule has 7 heteroatoms. The van der Waals surface area contributed by atoms with Crippen LogP contribution in [-0.2, 0) is 4.74 Å². The third-order valence-corrected chi connectivity index (χ3v) is 3.03. The molecule has 1 aromatic carbocycles. The molecule has 0 unspecified atom stereocenters. The van der Waals surface area contributed by atoms with Crippen molar-refractivity contribution in [3.8, 4) is 0 Å². The van der Waals surface area contributed by atoms with Gasteiger partial charge in [-0.1, -0.05) is 6.07 Å². The maximum absolute atomic E-state index is 11.5. The number of carbonyl (C=O) groups excluding carboxylic acids is 1. The molecule has 21 heavy (non-hydrogen) atoms. The number of anilines is 3. The van der Waals surface area contributed by atoms with Crippen LogP contribution < -0.4 is 10.6 Å². The molecule has 1 aliphatic carbocycles. The van der Waals surface area contributed by atoms with Crippen LogP contribution >= 0.6 is 0 Å². The third kappa shape index (κ3) is 3.44. The Hall–Kier alpha value is -2.70. The summed E-state index contributed by atoms with van der Waals surface area (Å²) in [6.45, 7) is 0. The van der Waals surface area contributed by atoms with Crippen molar-refractivity contribution in [3.05, 3.63) is 36.0 Å². The fraction of sp³-hybridized carbons (Fsp3) is 0.286. The Kier molecular flexibility index (Phi) is 3.63. The van der Waals surface area contributed by atoms with Crippen LogP contribution in [-0.4, -0.2) is 34.3 Å². The zero-order chi connectivity index (χ0) is 14.7. The van der Waals surface area contributed by atoms with Crippen molar-refractivity contribution in [1.82, 2.24) is 15.2 Å². The van der Waals surface area contributed by atoms with Crippen molar-refractivity contribution < 1.29 is 9.53 Å². The van der Waals surface area contributed by atoms with Gasteiger partial charge in [0.15, 0.2) is 5.82 Å². The van der Waals surface area contributed by atoms with Crippen molar-refractivity contribution in [2.24, 2.45) is 0 Å². The molecule has 1 heterocycles. The van der Waals surface area contributed by atoms with Gasteiger partial charge in [-0.3, -0.25) is 0 Å². The number of nitrogens with one attached hydrogen (secondary N) is 2. The Balaban J connectivity index is 1.74. The van der Waals surface area contributed by atoms with E-state index in [9.17, 15) is 4.79 Å². The summed E-state index contributed by atoms with van der Waals surface area (Å²) in [6, 6.07) is 7.43. The van der Waals surface area contributed by atoms with Gasteiger partial charge < -0.3 is 15.4 Å². The molecule has 1 fully saturated rings. The lowest BCUT2D eigenvalue weighted by molar-refractivity contribution is 0.0601. The molecule has 7 nitrogen and oxygen atoms in total. The highest BCUT2D eigenvalue weighted by Crippen LogP contribution is 2.23. The largest absolute Gasteiger partial charge is 0.465 e. The van der Waals surface area contributed by atoms with Crippen LogP contribution in [0.1, 0.15) is 23.2 Å². The number of ether oxygens (including phenoxy) is 1. The molecular weight excluding hydrogens is 270 g/mol. The number of esters is 1. The third-order valence-electron chi connectivity index (χ3n) is 3.03. The molecule has 0 radical (unpaired) electrons. The fourth-order valence-electron chi connectivity index (χ4n) is 1.83. The highest BCUT2D eigenvalue weighted by molar-refractivity contribution is 5.90. The van der Waals surface area contributed by atoms with Gasteiger partial charge in [-0.15, -0.1) is 5.10 Å². The van der Waals surface area contributed by atoms with Gasteiger partial charge in [0.25, 0.3) is 0 Å². The Bertz CT molecular complexity index is 657. The van der Waals surface area contributed by atoms with E-state index in [0.29, 0.717) is 29.1 Å². The molecule has 0 atom stereocenters. The molecular formula is C14H15N5O2. The predicted molar refractivity (Wildman–Crippen MR) is 77.5 cm³/mol. The van der Waals surface area contributed by atoms with Crippen LogP contribution in [0.3, 0.4) is 0 Å². The van der Waals surface area contributed by atoms with Gasteiger partial charge in [0.2, 0.25) is 5.95 Å². The van der Waals surface area contributed by atoms with E-state index >= 15 is 0 Å². The molecule has 0 spiro atoms. The highest BCUT2D eigenvalue weighted by atomic mass is 16.5. The van der Waals surface area contributed by atoms with Gasteiger partial charge in [0, 0.05) is 11.7 Å². The van der Waals surface area contributed by atoms with Crippen LogP contribution in [0.25, 0.3) is 0 Å². The Morgan fingerprint density at radius 3 is 3.00 bits per heavy atom. The number of benzene rings is 1. The lowest BCUT2D eigenvalue weighted by atomic mass is 10.2. The van der Waals surface area contributed by atoms with E-state index in [1.165, 1.54) is 7.11 Å². The molecule has 1 saturated carbocycles. The van der Waals surface area contributed by atoms with Crippen molar-refractivity contribution >= 4 is 23.4 Å². The monoisotopic (exact) mass is 285 g/mol. The minimum absolute atomic E-state index is 0.377. The van der Waals surface area contributed by atoms with Crippen molar-refractivity contribution in [2.45, 2.75) is 18.9 Å². The molecule has 3 rings (SSSR count). The smallest absolute Gasteiger partial charge is 0.337 e. The van der Waals surface area contributed by atoms with Crippen LogP contribution in [0.4, 0.5) is 17.5 Å². The second-order valence-corrected chi connectivity index (χ2v) is 4.78. The normalized spacial score (nSPS) is 13.6. The highest BCUT2D eigenvalue weighted by Gasteiger charge is 2.21. The van der Waals surface area contributed by atoms with E-state index < -0.39 is 0 Å².